The lowest BCUT2D eigenvalue weighted by Crippen LogP contribution is -2.15. The Bertz CT molecular complexity index is 247. The highest BCUT2D eigenvalue weighted by molar-refractivity contribution is 7.98. The van der Waals surface area contributed by atoms with Gasteiger partial charge in [0.25, 0.3) is 0 Å². The molecule has 1 heterocycles. The summed E-state index contributed by atoms with van der Waals surface area (Å²) in [4.78, 5) is 7.35. The normalized spacial score (nSPS) is 10.7. The molecular weight excluding hydrogens is 194 g/mol. The molecule has 1 rings (SSSR count). The van der Waals surface area contributed by atoms with Crippen LogP contribution in [0.2, 0.25) is 0 Å². The number of imidazole rings is 1. The first-order valence-corrected chi connectivity index (χ1v) is 6.42. The lowest BCUT2D eigenvalue weighted by atomic mass is 10.3. The third-order valence-corrected chi connectivity index (χ3v) is 2.72. The van der Waals surface area contributed by atoms with Gasteiger partial charge in [-0.25, -0.2) is 4.98 Å². The molecule has 0 saturated carbocycles. The van der Waals surface area contributed by atoms with E-state index in [1.165, 1.54) is 24.3 Å². The maximum absolute atomic E-state index is 4.15. The van der Waals surface area contributed by atoms with Crippen LogP contribution in [0.25, 0.3) is 0 Å². The summed E-state index contributed by atoms with van der Waals surface area (Å²) in [6, 6.07) is 0. The zero-order valence-electron chi connectivity index (χ0n) is 8.97. The molecule has 1 aromatic heterocycles. The molecule has 0 amide bonds. The molecule has 4 heteroatoms. The highest BCUT2D eigenvalue weighted by Gasteiger charge is 1.95. The van der Waals surface area contributed by atoms with E-state index < -0.39 is 0 Å². The van der Waals surface area contributed by atoms with Crippen LogP contribution in [0, 0.1) is 6.92 Å². The molecular formula is C10H19N3S. The summed E-state index contributed by atoms with van der Waals surface area (Å²) in [6.07, 6.45) is 6.61. The first kappa shape index (κ1) is 11.6. The average molecular weight is 213 g/mol. The Labute approximate surface area is 90.1 Å². The van der Waals surface area contributed by atoms with Gasteiger partial charge in [0, 0.05) is 18.4 Å². The van der Waals surface area contributed by atoms with Gasteiger partial charge in [-0.05, 0) is 38.3 Å². The minimum Gasteiger partial charge on any atom is -0.345 e. The molecule has 80 valence electrons. The first-order valence-electron chi connectivity index (χ1n) is 5.03. The summed E-state index contributed by atoms with van der Waals surface area (Å²) >= 11 is 1.92. The molecule has 0 saturated heterocycles. The number of aryl methyl sites for hydroxylation is 1. The van der Waals surface area contributed by atoms with Crippen molar-refractivity contribution in [2.75, 3.05) is 18.6 Å². The average Bonchev–Trinajstić information content (AvgIpc) is 2.58. The van der Waals surface area contributed by atoms with Crippen molar-refractivity contribution >= 4 is 11.8 Å². The highest BCUT2D eigenvalue weighted by Crippen LogP contribution is 1.98. The number of rotatable bonds is 7. The Hall–Kier alpha value is -0.480. The quantitative estimate of drug-likeness (QED) is 0.680. The molecule has 0 aromatic carbocycles. The van der Waals surface area contributed by atoms with Gasteiger partial charge in [0.2, 0.25) is 0 Å². The van der Waals surface area contributed by atoms with Crippen LogP contribution >= 0.6 is 11.8 Å². The Kier molecular flexibility index (Phi) is 5.71. The fourth-order valence-corrected chi connectivity index (χ4v) is 1.77. The summed E-state index contributed by atoms with van der Waals surface area (Å²) in [5, 5.41) is 3.39. The largest absolute Gasteiger partial charge is 0.345 e. The summed E-state index contributed by atoms with van der Waals surface area (Å²) < 4.78 is 0. The van der Waals surface area contributed by atoms with Crippen LogP contribution in [0.1, 0.15) is 24.4 Å². The van der Waals surface area contributed by atoms with Gasteiger partial charge in [-0.3, -0.25) is 0 Å². The number of hydrogen-bond acceptors (Lipinski definition) is 3. The van der Waals surface area contributed by atoms with E-state index in [1.54, 1.807) is 0 Å². The molecule has 0 fully saturated rings. The molecule has 0 radical (unpaired) electrons. The summed E-state index contributed by atoms with van der Waals surface area (Å²) in [7, 11) is 0. The van der Waals surface area contributed by atoms with Crippen LogP contribution in [-0.2, 0) is 6.54 Å². The number of aromatic nitrogens is 2. The highest BCUT2D eigenvalue weighted by atomic mass is 32.2. The van der Waals surface area contributed by atoms with Crippen molar-refractivity contribution in [3.05, 3.63) is 17.7 Å². The number of unbranched alkanes of at least 4 members (excludes halogenated alkanes) is 1. The van der Waals surface area contributed by atoms with Gasteiger partial charge in [-0.1, -0.05) is 0 Å². The minimum atomic E-state index is 0.903. The number of hydrogen-bond donors (Lipinski definition) is 2. The molecule has 0 bridgehead atoms. The van der Waals surface area contributed by atoms with Crippen molar-refractivity contribution in [3.63, 3.8) is 0 Å². The Morgan fingerprint density at radius 2 is 2.36 bits per heavy atom. The van der Waals surface area contributed by atoms with Gasteiger partial charge in [0.15, 0.2) is 0 Å². The van der Waals surface area contributed by atoms with Crippen LogP contribution < -0.4 is 5.32 Å². The van der Waals surface area contributed by atoms with E-state index in [1.807, 2.05) is 24.9 Å². The second-order valence-electron chi connectivity index (χ2n) is 3.37. The fourth-order valence-electron chi connectivity index (χ4n) is 1.28. The zero-order chi connectivity index (χ0) is 10.2. The van der Waals surface area contributed by atoms with Crippen molar-refractivity contribution in [2.24, 2.45) is 0 Å². The van der Waals surface area contributed by atoms with Crippen molar-refractivity contribution in [1.82, 2.24) is 15.3 Å². The second-order valence-corrected chi connectivity index (χ2v) is 4.36. The van der Waals surface area contributed by atoms with Gasteiger partial charge in [-0.2, -0.15) is 11.8 Å². The van der Waals surface area contributed by atoms with E-state index in [0.717, 1.165) is 18.9 Å². The van der Waals surface area contributed by atoms with Gasteiger partial charge < -0.3 is 10.3 Å². The Morgan fingerprint density at radius 3 is 3.00 bits per heavy atom. The number of nitrogens with zero attached hydrogens (tertiary/aromatic N) is 1. The van der Waals surface area contributed by atoms with Crippen molar-refractivity contribution in [1.29, 1.82) is 0 Å². The molecule has 0 aliphatic rings. The van der Waals surface area contributed by atoms with Crippen LogP contribution in [0.5, 0.6) is 0 Å². The van der Waals surface area contributed by atoms with E-state index in [-0.39, 0.29) is 0 Å². The molecule has 0 aliphatic heterocycles. The van der Waals surface area contributed by atoms with Crippen LogP contribution in [-0.4, -0.2) is 28.5 Å². The van der Waals surface area contributed by atoms with E-state index in [2.05, 4.69) is 21.5 Å². The number of thioether (sulfide) groups is 1. The first-order chi connectivity index (χ1) is 6.83. The van der Waals surface area contributed by atoms with Gasteiger partial charge >= 0.3 is 0 Å². The van der Waals surface area contributed by atoms with E-state index in [4.69, 9.17) is 0 Å². The van der Waals surface area contributed by atoms with Gasteiger partial charge in [-0.15, -0.1) is 0 Å². The molecule has 14 heavy (non-hydrogen) atoms. The smallest absolute Gasteiger partial charge is 0.103 e. The summed E-state index contributed by atoms with van der Waals surface area (Å²) in [5.74, 6) is 2.26. The fraction of sp³-hybridized carbons (Fsp3) is 0.700. The molecule has 0 unspecified atom stereocenters. The lowest BCUT2D eigenvalue weighted by Gasteiger charge is -2.01. The van der Waals surface area contributed by atoms with Crippen LogP contribution in [0.15, 0.2) is 6.20 Å². The summed E-state index contributed by atoms with van der Waals surface area (Å²) in [5.41, 5.74) is 1.17. The number of nitrogens with one attached hydrogen (secondary N) is 2. The molecule has 0 atom stereocenters. The topological polar surface area (TPSA) is 40.7 Å². The minimum absolute atomic E-state index is 0.903. The predicted octanol–water partition coefficient (Wildman–Crippen LogP) is 1.95. The summed E-state index contributed by atoms with van der Waals surface area (Å²) in [6.45, 7) is 3.97. The van der Waals surface area contributed by atoms with Crippen molar-refractivity contribution < 1.29 is 0 Å². The number of aromatic amines is 1. The monoisotopic (exact) mass is 213 g/mol. The zero-order valence-corrected chi connectivity index (χ0v) is 9.78. The Balaban J connectivity index is 1.99. The third kappa shape index (κ3) is 4.67. The SMILES string of the molecule is CSCCCCNCc1cnc(C)[nH]1. The maximum atomic E-state index is 4.15. The second kappa shape index (κ2) is 6.90. The van der Waals surface area contributed by atoms with E-state index in [0.29, 0.717) is 0 Å². The molecule has 0 spiro atoms. The Morgan fingerprint density at radius 1 is 1.50 bits per heavy atom. The van der Waals surface area contributed by atoms with Crippen LogP contribution in [0.3, 0.4) is 0 Å². The van der Waals surface area contributed by atoms with E-state index >= 15 is 0 Å². The molecule has 0 aliphatic carbocycles. The maximum Gasteiger partial charge on any atom is 0.103 e. The predicted molar refractivity (Wildman–Crippen MR) is 62.6 cm³/mol. The van der Waals surface area contributed by atoms with Crippen molar-refractivity contribution in [3.8, 4) is 0 Å². The standard InChI is InChI=1S/C10H19N3S/c1-9-12-8-10(13-9)7-11-5-3-4-6-14-2/h8,11H,3-7H2,1-2H3,(H,12,13). The van der Waals surface area contributed by atoms with Crippen LogP contribution in [0.4, 0.5) is 0 Å². The number of H-pyrrole nitrogens is 1. The van der Waals surface area contributed by atoms with Gasteiger partial charge in [0.05, 0.1) is 0 Å². The third-order valence-electron chi connectivity index (χ3n) is 2.02. The lowest BCUT2D eigenvalue weighted by molar-refractivity contribution is 0.637. The van der Waals surface area contributed by atoms with Gasteiger partial charge in [0.1, 0.15) is 5.82 Å². The molecule has 2 N–H and O–H groups in total. The van der Waals surface area contributed by atoms with Crippen molar-refractivity contribution in [2.45, 2.75) is 26.3 Å². The molecule has 3 nitrogen and oxygen atoms in total. The van der Waals surface area contributed by atoms with E-state index in [9.17, 15) is 0 Å². The molecule has 1 aromatic rings.